The smallest absolute Gasteiger partial charge is 0.142 e. The van der Waals surface area contributed by atoms with E-state index in [1.54, 1.807) is 6.08 Å². The van der Waals surface area contributed by atoms with Gasteiger partial charge in [0.1, 0.15) is 6.29 Å². The predicted octanol–water partition coefficient (Wildman–Crippen LogP) is 3.68. The third kappa shape index (κ3) is 3.19. The molecule has 0 radical (unpaired) electrons. The lowest BCUT2D eigenvalue weighted by molar-refractivity contribution is -0.104. The molecule has 0 saturated heterocycles. The van der Waals surface area contributed by atoms with Gasteiger partial charge in [-0.1, -0.05) is 51.5 Å². The quantitative estimate of drug-likeness (QED) is 0.495. The molecule has 1 aliphatic rings. The van der Waals surface area contributed by atoms with Crippen LogP contribution in [-0.2, 0) is 4.79 Å². The van der Waals surface area contributed by atoms with Gasteiger partial charge in [-0.2, -0.15) is 0 Å². The Labute approximate surface area is 92.6 Å². The number of carbonyl (C=O) groups excluding carboxylic acids is 1. The van der Waals surface area contributed by atoms with E-state index in [2.05, 4.69) is 39.8 Å². The average Bonchev–Trinajstić information content (AvgIpc) is 2.14. The first-order chi connectivity index (χ1) is 6.95. The Hall–Kier alpha value is -1.11. The molecule has 0 amide bonds. The Kier molecular flexibility index (Phi) is 3.67. The van der Waals surface area contributed by atoms with Gasteiger partial charge < -0.3 is 0 Å². The molecule has 0 bridgehead atoms. The maximum Gasteiger partial charge on any atom is 0.142 e. The molecule has 15 heavy (non-hydrogen) atoms. The highest BCUT2D eigenvalue weighted by Crippen LogP contribution is 2.35. The van der Waals surface area contributed by atoms with Gasteiger partial charge in [0.05, 0.1) is 0 Å². The summed E-state index contributed by atoms with van der Waals surface area (Å²) in [4.78, 5) is 10.2. The van der Waals surface area contributed by atoms with Gasteiger partial charge in [0.25, 0.3) is 0 Å². The second-order valence-corrected chi connectivity index (χ2v) is 5.21. The fourth-order valence-corrected chi connectivity index (χ4v) is 1.80. The van der Waals surface area contributed by atoms with Gasteiger partial charge in [-0.25, -0.2) is 0 Å². The summed E-state index contributed by atoms with van der Waals surface area (Å²) in [6, 6.07) is 0. The van der Waals surface area contributed by atoms with Gasteiger partial charge >= 0.3 is 0 Å². The van der Waals surface area contributed by atoms with E-state index in [-0.39, 0.29) is 5.41 Å². The molecule has 0 aliphatic heterocycles. The molecule has 0 N–H and O–H groups in total. The summed E-state index contributed by atoms with van der Waals surface area (Å²) in [6.45, 7) is 8.93. The van der Waals surface area contributed by atoms with Crippen molar-refractivity contribution in [3.05, 3.63) is 35.5 Å². The van der Waals surface area contributed by atoms with Crippen LogP contribution in [0.1, 0.15) is 34.1 Å². The van der Waals surface area contributed by atoms with E-state index in [0.717, 1.165) is 12.7 Å². The van der Waals surface area contributed by atoms with E-state index >= 15 is 0 Å². The van der Waals surface area contributed by atoms with Crippen LogP contribution in [0.5, 0.6) is 0 Å². The maximum absolute atomic E-state index is 10.2. The van der Waals surface area contributed by atoms with Crippen LogP contribution in [0.25, 0.3) is 0 Å². The fourth-order valence-electron chi connectivity index (χ4n) is 1.80. The van der Waals surface area contributed by atoms with Gasteiger partial charge in [-0.3, -0.25) is 4.79 Å². The Bertz CT molecular complexity index is 324. The van der Waals surface area contributed by atoms with E-state index in [1.165, 1.54) is 11.1 Å². The monoisotopic (exact) mass is 204 g/mol. The number of rotatable bonds is 2. The third-order valence-electron chi connectivity index (χ3n) is 2.90. The topological polar surface area (TPSA) is 17.1 Å². The van der Waals surface area contributed by atoms with Crippen LogP contribution in [0, 0.1) is 11.3 Å². The highest BCUT2D eigenvalue weighted by Gasteiger charge is 2.22. The van der Waals surface area contributed by atoms with E-state index < -0.39 is 0 Å². The van der Waals surface area contributed by atoms with Gasteiger partial charge in [-0.15, -0.1) is 0 Å². The van der Waals surface area contributed by atoms with E-state index in [9.17, 15) is 4.79 Å². The molecule has 0 aromatic rings. The first-order valence-electron chi connectivity index (χ1n) is 5.48. The number of carbonyl (C=O) groups is 1. The van der Waals surface area contributed by atoms with Gasteiger partial charge in [0.15, 0.2) is 0 Å². The van der Waals surface area contributed by atoms with Crippen LogP contribution < -0.4 is 0 Å². The summed E-state index contributed by atoms with van der Waals surface area (Å²) in [7, 11) is 0. The van der Waals surface area contributed by atoms with E-state index in [0.29, 0.717) is 5.92 Å². The highest BCUT2D eigenvalue weighted by atomic mass is 16.1. The molecule has 1 nitrogen and oxygen atoms in total. The summed E-state index contributed by atoms with van der Waals surface area (Å²) in [6.07, 6.45) is 9.74. The molecule has 82 valence electrons. The number of hydrogen-bond acceptors (Lipinski definition) is 1. The minimum Gasteiger partial charge on any atom is -0.299 e. The summed E-state index contributed by atoms with van der Waals surface area (Å²) in [5, 5.41) is 0. The zero-order chi connectivity index (χ0) is 11.5. The van der Waals surface area contributed by atoms with Crippen molar-refractivity contribution in [1.29, 1.82) is 0 Å². The molecule has 1 heteroatoms. The molecule has 1 atom stereocenters. The van der Waals surface area contributed by atoms with Crippen LogP contribution in [-0.4, -0.2) is 6.29 Å². The Morgan fingerprint density at radius 3 is 2.47 bits per heavy atom. The van der Waals surface area contributed by atoms with Crippen LogP contribution >= 0.6 is 0 Å². The number of hydrogen-bond donors (Lipinski definition) is 0. The van der Waals surface area contributed by atoms with E-state index in [4.69, 9.17) is 0 Å². The molecule has 0 unspecified atom stereocenters. The lowest BCUT2D eigenvalue weighted by Gasteiger charge is -2.29. The predicted molar refractivity (Wildman–Crippen MR) is 64.6 cm³/mol. The van der Waals surface area contributed by atoms with Crippen molar-refractivity contribution in [3.8, 4) is 0 Å². The summed E-state index contributed by atoms with van der Waals surface area (Å²) in [5.74, 6) is 0.514. The zero-order valence-electron chi connectivity index (χ0n) is 10.1. The molecule has 0 saturated carbocycles. The first-order valence-corrected chi connectivity index (χ1v) is 5.48. The van der Waals surface area contributed by atoms with Gasteiger partial charge in [0.2, 0.25) is 0 Å². The van der Waals surface area contributed by atoms with E-state index in [1.807, 2.05) is 6.08 Å². The average molecular weight is 204 g/mol. The first kappa shape index (κ1) is 12.0. The van der Waals surface area contributed by atoms with Gasteiger partial charge in [0, 0.05) is 0 Å². The lowest BCUT2D eigenvalue weighted by Crippen LogP contribution is -2.15. The van der Waals surface area contributed by atoms with Crippen molar-refractivity contribution in [3.63, 3.8) is 0 Å². The van der Waals surface area contributed by atoms with Crippen molar-refractivity contribution >= 4 is 6.29 Å². The Balaban J connectivity index is 2.88. The normalized spacial score (nSPS) is 22.5. The van der Waals surface area contributed by atoms with Crippen molar-refractivity contribution in [2.24, 2.45) is 11.3 Å². The fraction of sp³-hybridized carbons (Fsp3) is 0.500. The Morgan fingerprint density at radius 2 is 2.00 bits per heavy atom. The number of allylic oxidation sites excluding steroid dienone is 6. The molecule has 0 fully saturated rings. The maximum atomic E-state index is 10.2. The summed E-state index contributed by atoms with van der Waals surface area (Å²) >= 11 is 0. The van der Waals surface area contributed by atoms with Crippen LogP contribution in [0.3, 0.4) is 0 Å². The Morgan fingerprint density at radius 1 is 1.33 bits per heavy atom. The summed E-state index contributed by atoms with van der Waals surface area (Å²) in [5.41, 5.74) is 2.98. The molecule has 1 aliphatic carbocycles. The van der Waals surface area contributed by atoms with Crippen molar-refractivity contribution < 1.29 is 4.79 Å². The van der Waals surface area contributed by atoms with Crippen molar-refractivity contribution in [2.75, 3.05) is 0 Å². The third-order valence-corrected chi connectivity index (χ3v) is 2.90. The second-order valence-electron chi connectivity index (χ2n) is 5.21. The molecule has 1 rings (SSSR count). The highest BCUT2D eigenvalue weighted by molar-refractivity contribution is 5.66. The van der Waals surface area contributed by atoms with Crippen LogP contribution in [0.15, 0.2) is 35.5 Å². The molecular formula is C14H20O. The number of aldehydes is 1. The molecule has 0 aromatic carbocycles. The molecular weight excluding hydrogens is 184 g/mol. The van der Waals surface area contributed by atoms with Crippen molar-refractivity contribution in [1.82, 2.24) is 0 Å². The van der Waals surface area contributed by atoms with Crippen molar-refractivity contribution in [2.45, 2.75) is 34.1 Å². The standard InChI is InChI=1S/C14H20O/c1-11-10-13(14(2,3)4)8-7-12(11)6-5-9-15/h5-9,11H,10H2,1-4H3/b6-5+/t11-/m1/s1. The molecule has 0 aromatic heterocycles. The molecule has 0 spiro atoms. The zero-order valence-corrected chi connectivity index (χ0v) is 10.1. The summed E-state index contributed by atoms with van der Waals surface area (Å²) < 4.78 is 0. The minimum absolute atomic E-state index is 0.255. The largest absolute Gasteiger partial charge is 0.299 e. The van der Waals surface area contributed by atoms with Crippen LogP contribution in [0.2, 0.25) is 0 Å². The second kappa shape index (κ2) is 4.61. The lowest BCUT2D eigenvalue weighted by atomic mass is 9.77. The minimum atomic E-state index is 0.255. The molecule has 0 heterocycles. The SMILES string of the molecule is C[C@@H]1CC(C(C)(C)C)=CC=C1/C=C/C=O. The van der Waals surface area contributed by atoms with Crippen LogP contribution in [0.4, 0.5) is 0 Å². The van der Waals surface area contributed by atoms with Gasteiger partial charge in [-0.05, 0) is 29.4 Å².